The van der Waals surface area contributed by atoms with Gasteiger partial charge in [0.25, 0.3) is 0 Å². The molecular weight excluding hydrogens is 412 g/mol. The number of aliphatic hydroxyl groups is 1. The van der Waals surface area contributed by atoms with Gasteiger partial charge in [0, 0.05) is 40.5 Å². The first-order valence-corrected chi connectivity index (χ1v) is 8.66. The van der Waals surface area contributed by atoms with Crippen molar-refractivity contribution in [2.45, 2.75) is 6.92 Å². The molecule has 0 aromatic heterocycles. The Labute approximate surface area is 175 Å². The van der Waals surface area contributed by atoms with E-state index < -0.39 is 17.5 Å². The van der Waals surface area contributed by atoms with Gasteiger partial charge in [0.15, 0.2) is 11.6 Å². The Morgan fingerprint density at radius 3 is 2.27 bits per heavy atom. The van der Waals surface area contributed by atoms with E-state index in [1.165, 1.54) is 13.0 Å². The molecule has 5 nitrogen and oxygen atoms in total. The normalized spacial score (nSPS) is 9.80. The van der Waals surface area contributed by atoms with Crippen LogP contribution in [0, 0.1) is 36.8 Å². The zero-order valence-corrected chi connectivity index (χ0v) is 17.5. The number of nitrogens with zero attached hydrogens (tertiary/aromatic N) is 3. The second-order valence-corrected chi connectivity index (χ2v) is 5.94. The molecule has 0 saturated carbocycles. The highest BCUT2D eigenvalue weighted by atomic mass is 31.0. The molecule has 2 aromatic rings. The Balaban J connectivity index is 0.00000105. The molecule has 0 amide bonds. The minimum absolute atomic E-state index is 0.109. The third-order valence-corrected chi connectivity index (χ3v) is 3.89. The van der Waals surface area contributed by atoms with Gasteiger partial charge in [-0.1, -0.05) is 30.8 Å². The summed E-state index contributed by atoms with van der Waals surface area (Å²) >= 11 is 0. The molecule has 0 aliphatic heterocycles. The van der Waals surface area contributed by atoms with E-state index in [2.05, 4.69) is 38.0 Å². The van der Waals surface area contributed by atoms with Crippen LogP contribution in [0.3, 0.4) is 0 Å². The number of hydrogen-bond donors (Lipinski definition) is 2. The van der Waals surface area contributed by atoms with Crippen LogP contribution in [0.4, 0.5) is 13.2 Å². The molecule has 1 unspecified atom stereocenters. The molecule has 2 aromatic carbocycles. The van der Waals surface area contributed by atoms with Gasteiger partial charge in [-0.05, 0) is 40.5 Å². The Hall–Kier alpha value is -3.45. The Kier molecular flexibility index (Phi) is 12.1. The van der Waals surface area contributed by atoms with Crippen molar-refractivity contribution in [3.05, 3.63) is 99.0 Å². The third kappa shape index (κ3) is 7.18. The van der Waals surface area contributed by atoms with Crippen molar-refractivity contribution in [1.82, 2.24) is 0 Å². The fraction of sp³-hybridized carbons (Fsp3) is 0.0952. The fourth-order valence-electron chi connectivity index (χ4n) is 2.20. The number of halogens is 3. The van der Waals surface area contributed by atoms with Gasteiger partial charge in [-0.2, -0.15) is 0 Å². The van der Waals surface area contributed by atoms with Crippen LogP contribution in [-0.2, 0) is 0 Å². The first-order chi connectivity index (χ1) is 14.3. The van der Waals surface area contributed by atoms with Crippen LogP contribution in [0.1, 0.15) is 16.7 Å². The topological polar surface area (TPSA) is 95.0 Å². The molecule has 0 spiro atoms. The lowest BCUT2D eigenvalue weighted by atomic mass is 9.94. The standard InChI is InChI=1S/C18H15F3NP.C2HN3.CH4O/c1-3-4-15(22)16(11-5-7-12(23)8-6-11)13-9-14(19)10(2)17(20)18(13)21;1-2-4-5-3;1-2/h4-9H,1,22-23H2,2H3;1H;2H,1H3/b16-15+;;. The summed E-state index contributed by atoms with van der Waals surface area (Å²) < 4.78 is 42.2. The SMILES string of the molecule is C#CN=[N+]=[N-].C=C=C/C(N)=C(/c1ccc(P)cc1)c1cc(F)c(C)c(F)c1F.CO. The van der Waals surface area contributed by atoms with Crippen molar-refractivity contribution in [3.63, 3.8) is 0 Å². The summed E-state index contributed by atoms with van der Waals surface area (Å²) in [5, 5.41) is 10.6. The highest BCUT2D eigenvalue weighted by molar-refractivity contribution is 7.27. The average molecular weight is 432 g/mol. The third-order valence-electron chi connectivity index (χ3n) is 3.51. The smallest absolute Gasteiger partial charge is 0.167 e. The van der Waals surface area contributed by atoms with Crippen molar-refractivity contribution >= 4 is 20.1 Å². The summed E-state index contributed by atoms with van der Waals surface area (Å²) in [6.07, 6.45) is 5.80. The van der Waals surface area contributed by atoms with E-state index in [9.17, 15) is 13.2 Å². The molecule has 3 N–H and O–H groups in total. The van der Waals surface area contributed by atoms with E-state index in [4.69, 9.17) is 16.4 Å². The van der Waals surface area contributed by atoms with Crippen LogP contribution >= 0.6 is 9.24 Å². The lowest BCUT2D eigenvalue weighted by Crippen LogP contribution is -2.07. The molecule has 0 heterocycles. The van der Waals surface area contributed by atoms with Crippen LogP contribution in [0.2, 0.25) is 0 Å². The molecule has 0 fully saturated rings. The van der Waals surface area contributed by atoms with Crippen molar-refractivity contribution < 1.29 is 18.3 Å². The first-order valence-electron chi connectivity index (χ1n) is 8.08. The van der Waals surface area contributed by atoms with Gasteiger partial charge < -0.3 is 10.8 Å². The van der Waals surface area contributed by atoms with Crippen LogP contribution in [0.25, 0.3) is 16.0 Å². The van der Waals surface area contributed by atoms with E-state index in [-0.39, 0.29) is 22.4 Å². The molecule has 0 aliphatic rings. The number of terminal acetylenes is 1. The highest BCUT2D eigenvalue weighted by Crippen LogP contribution is 2.31. The zero-order valence-electron chi connectivity index (χ0n) is 16.3. The summed E-state index contributed by atoms with van der Waals surface area (Å²) in [7, 11) is 3.52. The minimum Gasteiger partial charge on any atom is -0.400 e. The molecule has 0 radical (unpaired) electrons. The van der Waals surface area contributed by atoms with Gasteiger partial charge in [0.2, 0.25) is 0 Å². The molecular formula is C21H20F3N4OP. The van der Waals surface area contributed by atoms with Crippen molar-refractivity contribution in [2.24, 2.45) is 10.8 Å². The number of aliphatic hydroxyl groups excluding tert-OH is 1. The molecule has 2 rings (SSSR count). The number of azide groups is 1. The number of rotatable bonds is 3. The van der Waals surface area contributed by atoms with E-state index in [1.807, 2.05) is 0 Å². The van der Waals surface area contributed by atoms with E-state index in [0.717, 1.165) is 18.5 Å². The lowest BCUT2D eigenvalue weighted by Gasteiger charge is -2.14. The molecule has 30 heavy (non-hydrogen) atoms. The van der Waals surface area contributed by atoms with Crippen LogP contribution in [0.5, 0.6) is 0 Å². The average Bonchev–Trinajstić information content (AvgIpc) is 2.74. The van der Waals surface area contributed by atoms with Crippen molar-refractivity contribution in [3.8, 4) is 12.5 Å². The van der Waals surface area contributed by atoms with Gasteiger partial charge in [0.05, 0.1) is 0 Å². The van der Waals surface area contributed by atoms with Gasteiger partial charge >= 0.3 is 0 Å². The molecule has 0 aliphatic carbocycles. The predicted octanol–water partition coefficient (Wildman–Crippen LogP) is 4.47. The quantitative estimate of drug-likeness (QED) is 0.109. The van der Waals surface area contributed by atoms with E-state index in [1.54, 1.807) is 30.3 Å². The summed E-state index contributed by atoms with van der Waals surface area (Å²) in [4.78, 5) is 2.24. The summed E-state index contributed by atoms with van der Waals surface area (Å²) in [5.41, 5.74) is 16.0. The van der Waals surface area contributed by atoms with Crippen molar-refractivity contribution in [1.29, 1.82) is 0 Å². The summed E-state index contributed by atoms with van der Waals surface area (Å²) in [6.45, 7) is 4.59. The maximum atomic E-state index is 14.4. The molecule has 0 saturated heterocycles. The summed E-state index contributed by atoms with van der Waals surface area (Å²) in [6, 6.07) is 9.59. The van der Waals surface area contributed by atoms with Gasteiger partial charge in [-0.25, -0.2) is 13.2 Å². The second-order valence-electron chi connectivity index (χ2n) is 5.28. The second kappa shape index (κ2) is 13.7. The first kappa shape index (κ1) is 26.6. The molecule has 9 heteroatoms. The number of benzene rings is 2. The maximum Gasteiger partial charge on any atom is 0.167 e. The van der Waals surface area contributed by atoms with Gasteiger partial charge in [-0.3, -0.25) is 0 Å². The van der Waals surface area contributed by atoms with Crippen LogP contribution in [0.15, 0.2) is 59.5 Å². The maximum absolute atomic E-state index is 14.4. The number of hydrogen-bond acceptors (Lipinski definition) is 3. The zero-order chi connectivity index (χ0) is 23.3. The predicted molar refractivity (Wildman–Crippen MR) is 117 cm³/mol. The summed E-state index contributed by atoms with van der Waals surface area (Å²) in [5.74, 6) is -3.21. The highest BCUT2D eigenvalue weighted by Gasteiger charge is 2.21. The van der Waals surface area contributed by atoms with Crippen LogP contribution in [-0.4, -0.2) is 12.2 Å². The van der Waals surface area contributed by atoms with E-state index in [0.29, 0.717) is 5.56 Å². The number of allylic oxidation sites excluding steroid dienone is 1. The van der Waals surface area contributed by atoms with Crippen molar-refractivity contribution in [2.75, 3.05) is 7.11 Å². The van der Waals surface area contributed by atoms with Gasteiger partial charge in [-0.15, -0.1) is 21.4 Å². The monoisotopic (exact) mass is 432 g/mol. The largest absolute Gasteiger partial charge is 0.400 e. The number of nitrogens with two attached hydrogens (primary N) is 1. The Morgan fingerprint density at radius 1 is 1.27 bits per heavy atom. The Morgan fingerprint density at radius 2 is 1.83 bits per heavy atom. The Bertz CT molecular complexity index is 1050. The fourth-order valence-corrected chi connectivity index (χ4v) is 2.40. The molecule has 0 bridgehead atoms. The van der Waals surface area contributed by atoms with Crippen LogP contribution < -0.4 is 11.0 Å². The minimum atomic E-state index is -1.23. The van der Waals surface area contributed by atoms with Gasteiger partial charge in [0.1, 0.15) is 5.82 Å². The van der Waals surface area contributed by atoms with E-state index >= 15 is 0 Å². The molecule has 156 valence electrons. The molecule has 1 atom stereocenters. The lowest BCUT2D eigenvalue weighted by molar-refractivity contribution is 0.399.